The first-order valence-electron chi connectivity index (χ1n) is 4.71. The second-order valence-electron chi connectivity index (χ2n) is 3.53. The predicted molar refractivity (Wildman–Crippen MR) is 50.3 cm³/mol. The molecule has 1 atom stereocenters. The Hall–Kier alpha value is -0.870. The lowest BCUT2D eigenvalue weighted by Crippen LogP contribution is -2.46. The van der Waals surface area contributed by atoms with E-state index >= 15 is 0 Å². The van der Waals surface area contributed by atoms with Crippen molar-refractivity contribution in [3.63, 3.8) is 0 Å². The number of nitrogens with zero attached hydrogens (tertiary/aromatic N) is 3. The van der Waals surface area contributed by atoms with E-state index in [0.717, 1.165) is 26.2 Å². The Morgan fingerprint density at radius 2 is 2.62 bits per heavy atom. The molecule has 2 heterocycles. The van der Waals surface area contributed by atoms with Crippen LogP contribution < -0.4 is 5.32 Å². The second kappa shape index (κ2) is 3.89. The highest BCUT2D eigenvalue weighted by Crippen LogP contribution is 2.07. The summed E-state index contributed by atoms with van der Waals surface area (Å²) in [5.74, 6) is 0. The Labute approximate surface area is 78.4 Å². The van der Waals surface area contributed by atoms with Gasteiger partial charge in [0.05, 0.1) is 6.33 Å². The van der Waals surface area contributed by atoms with Crippen LogP contribution in [0.25, 0.3) is 0 Å². The molecule has 13 heavy (non-hydrogen) atoms. The third kappa shape index (κ3) is 2.08. The second-order valence-corrected chi connectivity index (χ2v) is 3.53. The van der Waals surface area contributed by atoms with E-state index in [0.29, 0.717) is 6.04 Å². The molecule has 1 unspecified atom stereocenters. The minimum Gasteiger partial charge on any atom is -0.347 e. The van der Waals surface area contributed by atoms with Crippen molar-refractivity contribution in [2.24, 2.45) is 0 Å². The van der Waals surface area contributed by atoms with Crippen molar-refractivity contribution in [3.8, 4) is 0 Å². The molecular weight excluding hydrogens is 164 g/mol. The standard InChI is InChI=1S/C9H15N4/c1-8-4-10-2-3-13(8)6-9-5-11-7-12-9/h5,7-8H,2-4,6H2,1H3,(H,11,12). The highest BCUT2D eigenvalue weighted by atomic mass is 15.2. The number of hydrogen-bond donors (Lipinski definition) is 1. The molecular formula is C9H15N4. The minimum atomic E-state index is 0.567. The van der Waals surface area contributed by atoms with Crippen LogP contribution in [0.5, 0.6) is 0 Å². The number of piperazine rings is 1. The van der Waals surface area contributed by atoms with Crippen LogP contribution in [0.3, 0.4) is 0 Å². The van der Waals surface area contributed by atoms with Crippen molar-refractivity contribution in [2.75, 3.05) is 19.6 Å². The fourth-order valence-corrected chi connectivity index (χ4v) is 1.64. The van der Waals surface area contributed by atoms with Gasteiger partial charge in [-0.2, -0.15) is 0 Å². The van der Waals surface area contributed by atoms with Crippen molar-refractivity contribution in [1.29, 1.82) is 0 Å². The number of aromatic amines is 1. The third-order valence-corrected chi connectivity index (χ3v) is 2.49. The maximum absolute atomic E-state index is 4.37. The van der Waals surface area contributed by atoms with Crippen molar-refractivity contribution >= 4 is 0 Å². The molecule has 71 valence electrons. The van der Waals surface area contributed by atoms with Gasteiger partial charge >= 0.3 is 0 Å². The Morgan fingerprint density at radius 1 is 1.69 bits per heavy atom. The molecule has 0 aliphatic carbocycles. The van der Waals surface area contributed by atoms with E-state index in [-0.39, 0.29) is 0 Å². The minimum absolute atomic E-state index is 0.567. The highest BCUT2D eigenvalue weighted by Gasteiger charge is 2.18. The van der Waals surface area contributed by atoms with Gasteiger partial charge in [-0.3, -0.25) is 4.90 Å². The summed E-state index contributed by atoms with van der Waals surface area (Å²) < 4.78 is 0. The highest BCUT2D eigenvalue weighted by molar-refractivity contribution is 4.95. The average molecular weight is 179 g/mol. The molecule has 1 saturated heterocycles. The summed E-state index contributed by atoms with van der Waals surface area (Å²) in [7, 11) is 0. The molecule has 2 rings (SSSR count). The van der Waals surface area contributed by atoms with Crippen LogP contribution in [0.1, 0.15) is 12.6 Å². The molecule has 1 radical (unpaired) electrons. The molecule has 4 heteroatoms. The number of rotatable bonds is 2. The van der Waals surface area contributed by atoms with Crippen LogP contribution in [0.15, 0.2) is 12.5 Å². The molecule has 1 aliphatic heterocycles. The molecule has 1 aromatic heterocycles. The summed E-state index contributed by atoms with van der Waals surface area (Å²) in [6.45, 7) is 6.20. The van der Waals surface area contributed by atoms with E-state index in [1.807, 2.05) is 6.20 Å². The van der Waals surface area contributed by atoms with Crippen LogP contribution in [-0.4, -0.2) is 40.5 Å². The molecule has 0 amide bonds. The zero-order valence-electron chi connectivity index (χ0n) is 7.90. The lowest BCUT2D eigenvalue weighted by molar-refractivity contribution is 0.162. The van der Waals surface area contributed by atoms with Crippen molar-refractivity contribution in [1.82, 2.24) is 20.2 Å². The van der Waals surface area contributed by atoms with Gasteiger partial charge in [-0.05, 0) is 6.92 Å². The molecule has 0 spiro atoms. The van der Waals surface area contributed by atoms with Crippen LogP contribution >= 0.6 is 0 Å². The van der Waals surface area contributed by atoms with E-state index in [9.17, 15) is 0 Å². The summed E-state index contributed by atoms with van der Waals surface area (Å²) in [5.41, 5.74) is 1.19. The lowest BCUT2D eigenvalue weighted by atomic mass is 10.2. The smallest absolute Gasteiger partial charge is 0.0922 e. The van der Waals surface area contributed by atoms with E-state index in [4.69, 9.17) is 0 Å². The quantitative estimate of drug-likeness (QED) is 0.706. The molecule has 1 N–H and O–H groups in total. The van der Waals surface area contributed by atoms with Gasteiger partial charge in [-0.1, -0.05) is 0 Å². The molecule has 1 aliphatic rings. The first-order valence-corrected chi connectivity index (χ1v) is 4.71. The summed E-state index contributed by atoms with van der Waals surface area (Å²) >= 11 is 0. The normalized spacial score (nSPS) is 24.8. The summed E-state index contributed by atoms with van der Waals surface area (Å²) in [4.78, 5) is 9.56. The van der Waals surface area contributed by atoms with Crippen molar-refractivity contribution < 1.29 is 0 Å². The number of nitrogens with one attached hydrogen (secondary N) is 1. The van der Waals surface area contributed by atoms with Gasteiger partial charge in [0, 0.05) is 44.1 Å². The van der Waals surface area contributed by atoms with Gasteiger partial charge in [-0.15, -0.1) is 0 Å². The van der Waals surface area contributed by atoms with Gasteiger partial charge in [-0.25, -0.2) is 10.3 Å². The van der Waals surface area contributed by atoms with Crippen LogP contribution in [-0.2, 0) is 6.54 Å². The molecule has 0 saturated carbocycles. The van der Waals surface area contributed by atoms with E-state index < -0.39 is 0 Å². The van der Waals surface area contributed by atoms with Crippen LogP contribution in [0.4, 0.5) is 0 Å². The van der Waals surface area contributed by atoms with Gasteiger partial charge in [0.25, 0.3) is 0 Å². The van der Waals surface area contributed by atoms with Gasteiger partial charge in [0.15, 0.2) is 0 Å². The molecule has 4 nitrogen and oxygen atoms in total. The Balaban J connectivity index is 1.93. The maximum Gasteiger partial charge on any atom is 0.0922 e. The van der Waals surface area contributed by atoms with Gasteiger partial charge in [0.2, 0.25) is 0 Å². The summed E-state index contributed by atoms with van der Waals surface area (Å²) in [6.07, 6.45) is 3.62. The fourth-order valence-electron chi connectivity index (χ4n) is 1.64. The van der Waals surface area contributed by atoms with Crippen LogP contribution in [0, 0.1) is 0 Å². The summed E-state index contributed by atoms with van der Waals surface area (Å²) in [6, 6.07) is 0.567. The Bertz CT molecular complexity index is 244. The zero-order chi connectivity index (χ0) is 9.10. The molecule has 0 aromatic carbocycles. The van der Waals surface area contributed by atoms with E-state index in [1.165, 1.54) is 5.69 Å². The molecule has 1 aromatic rings. The first-order chi connectivity index (χ1) is 6.36. The Kier molecular flexibility index (Phi) is 2.61. The number of hydrogen-bond acceptors (Lipinski definition) is 2. The average Bonchev–Trinajstić information content (AvgIpc) is 2.61. The molecule has 0 bridgehead atoms. The monoisotopic (exact) mass is 179 g/mol. The SMILES string of the molecule is CC1C[N]CCN1Cc1cnc[nH]1. The Morgan fingerprint density at radius 3 is 3.31 bits per heavy atom. The first kappa shape index (κ1) is 8.72. The van der Waals surface area contributed by atoms with E-state index in [2.05, 4.69) is 27.1 Å². The van der Waals surface area contributed by atoms with E-state index in [1.54, 1.807) is 6.33 Å². The third-order valence-electron chi connectivity index (χ3n) is 2.49. The van der Waals surface area contributed by atoms with Crippen molar-refractivity contribution in [2.45, 2.75) is 19.5 Å². The number of aromatic nitrogens is 2. The summed E-state index contributed by atoms with van der Waals surface area (Å²) in [5, 5.41) is 4.37. The lowest BCUT2D eigenvalue weighted by Gasteiger charge is -2.32. The fraction of sp³-hybridized carbons (Fsp3) is 0.667. The van der Waals surface area contributed by atoms with Gasteiger partial charge < -0.3 is 4.98 Å². The topological polar surface area (TPSA) is 46.0 Å². The predicted octanol–water partition coefficient (Wildman–Crippen LogP) is 0.218. The number of H-pyrrole nitrogens is 1. The van der Waals surface area contributed by atoms with Crippen molar-refractivity contribution in [3.05, 3.63) is 18.2 Å². The maximum atomic E-state index is 4.37. The zero-order valence-corrected chi connectivity index (χ0v) is 7.90. The molecule has 1 fully saturated rings. The van der Waals surface area contributed by atoms with Crippen LogP contribution in [0.2, 0.25) is 0 Å². The van der Waals surface area contributed by atoms with Gasteiger partial charge in [0.1, 0.15) is 0 Å². The largest absolute Gasteiger partial charge is 0.347 e. The number of imidazole rings is 1.